The Hall–Kier alpha value is -3.79. The van der Waals surface area contributed by atoms with E-state index >= 15 is 0 Å². The highest BCUT2D eigenvalue weighted by atomic mass is 16.7. The number of fused-ring (bicyclic) bond motifs is 2. The molecule has 0 aliphatic carbocycles. The van der Waals surface area contributed by atoms with Crippen molar-refractivity contribution in [2.45, 2.75) is 31.3 Å². The lowest BCUT2D eigenvalue weighted by molar-refractivity contribution is -0.152. The molecular weight excluding hydrogens is 468 g/mol. The highest BCUT2D eigenvalue weighted by molar-refractivity contribution is 6.24. The topological polar surface area (TPSA) is 113 Å². The zero-order valence-electron chi connectivity index (χ0n) is 20.5. The zero-order valence-corrected chi connectivity index (χ0v) is 20.5. The lowest BCUT2D eigenvalue weighted by Gasteiger charge is -2.32. The molecule has 2 amide bonds. The Bertz CT molecular complexity index is 1230. The van der Waals surface area contributed by atoms with Gasteiger partial charge in [-0.1, -0.05) is 19.4 Å². The fourth-order valence-electron chi connectivity index (χ4n) is 5.72. The van der Waals surface area contributed by atoms with Gasteiger partial charge in [0.05, 0.1) is 38.9 Å². The summed E-state index contributed by atoms with van der Waals surface area (Å²) in [6.07, 6.45) is 0.896. The van der Waals surface area contributed by atoms with Crippen LogP contribution < -0.4 is 29.2 Å². The van der Waals surface area contributed by atoms with Crippen LogP contribution in [0.4, 0.5) is 5.69 Å². The second-order valence-electron chi connectivity index (χ2n) is 9.00. The van der Waals surface area contributed by atoms with Crippen LogP contribution in [0.2, 0.25) is 0 Å². The summed E-state index contributed by atoms with van der Waals surface area (Å²) in [7, 11) is 4.35. The number of ether oxygens (including phenoxy) is 5. The van der Waals surface area contributed by atoms with Gasteiger partial charge in [-0.25, -0.2) is 4.90 Å². The molecule has 1 N–H and O–H groups in total. The van der Waals surface area contributed by atoms with Crippen LogP contribution in [0.1, 0.15) is 31.4 Å². The summed E-state index contributed by atoms with van der Waals surface area (Å²) in [6.45, 7) is 1.98. The van der Waals surface area contributed by atoms with Crippen LogP contribution >= 0.6 is 0 Å². The Morgan fingerprint density at radius 2 is 1.83 bits per heavy atom. The Labute approximate surface area is 208 Å². The van der Waals surface area contributed by atoms with E-state index in [9.17, 15) is 14.4 Å². The van der Waals surface area contributed by atoms with Gasteiger partial charge in [-0.3, -0.25) is 19.7 Å². The van der Waals surface area contributed by atoms with E-state index in [-0.39, 0.29) is 6.79 Å². The number of methoxy groups -OCH3 is 3. The van der Waals surface area contributed by atoms with Gasteiger partial charge in [0, 0.05) is 23.7 Å². The summed E-state index contributed by atoms with van der Waals surface area (Å²) in [5, 5.41) is 3.35. The van der Waals surface area contributed by atoms with Crippen molar-refractivity contribution in [3.05, 3.63) is 42.0 Å². The third-order valence-corrected chi connectivity index (χ3v) is 7.24. The first-order valence-corrected chi connectivity index (χ1v) is 11.8. The summed E-state index contributed by atoms with van der Waals surface area (Å²) in [5.41, 5.74) is -0.384. The lowest BCUT2D eigenvalue weighted by Crippen LogP contribution is -2.56. The third-order valence-electron chi connectivity index (χ3n) is 7.24. The molecule has 10 nitrogen and oxygen atoms in total. The molecule has 3 aliphatic rings. The van der Waals surface area contributed by atoms with Crippen LogP contribution in [0, 0.1) is 11.8 Å². The number of amides is 2. The molecule has 2 aromatic carbocycles. The van der Waals surface area contributed by atoms with Gasteiger partial charge in [-0.05, 0) is 24.6 Å². The number of nitrogens with zero attached hydrogens (tertiary/aromatic N) is 1. The predicted octanol–water partition coefficient (Wildman–Crippen LogP) is 2.59. The molecule has 3 heterocycles. The van der Waals surface area contributed by atoms with Crippen molar-refractivity contribution in [3.8, 4) is 23.0 Å². The van der Waals surface area contributed by atoms with Crippen LogP contribution in [0.25, 0.3) is 0 Å². The van der Waals surface area contributed by atoms with Gasteiger partial charge in [0.15, 0.2) is 11.5 Å². The number of carbonyl (C=O) groups excluding carboxylic acids is 3. The Morgan fingerprint density at radius 1 is 1.06 bits per heavy atom. The molecule has 0 spiro atoms. The smallest absolute Gasteiger partial charge is 0.326 e. The van der Waals surface area contributed by atoms with E-state index < -0.39 is 41.2 Å². The maximum atomic E-state index is 14.0. The molecule has 3 aliphatic heterocycles. The van der Waals surface area contributed by atoms with E-state index in [1.807, 2.05) is 6.92 Å². The average Bonchev–Trinajstić information content (AvgIpc) is 3.57. The van der Waals surface area contributed by atoms with Crippen LogP contribution in [0.5, 0.6) is 23.0 Å². The van der Waals surface area contributed by atoms with Gasteiger partial charge in [-0.15, -0.1) is 0 Å². The molecule has 0 bridgehead atoms. The van der Waals surface area contributed by atoms with Gasteiger partial charge in [0.2, 0.25) is 18.6 Å². The first-order valence-electron chi connectivity index (χ1n) is 11.8. The van der Waals surface area contributed by atoms with Gasteiger partial charge >= 0.3 is 5.97 Å². The van der Waals surface area contributed by atoms with E-state index in [0.29, 0.717) is 47.1 Å². The lowest BCUT2D eigenvalue weighted by atomic mass is 9.77. The van der Waals surface area contributed by atoms with E-state index in [1.165, 1.54) is 14.2 Å². The van der Waals surface area contributed by atoms with Gasteiger partial charge in [0.1, 0.15) is 17.0 Å². The number of carbonyl (C=O) groups is 3. The van der Waals surface area contributed by atoms with Crippen LogP contribution in [0.3, 0.4) is 0 Å². The summed E-state index contributed by atoms with van der Waals surface area (Å²) < 4.78 is 26.9. The highest BCUT2D eigenvalue weighted by Gasteiger charge is 2.68. The summed E-state index contributed by atoms with van der Waals surface area (Å²) >= 11 is 0. The molecule has 4 atom stereocenters. The molecule has 10 heteroatoms. The number of rotatable bonds is 7. The normalized spacial score (nSPS) is 26.2. The van der Waals surface area contributed by atoms with Crippen molar-refractivity contribution in [2.75, 3.05) is 33.0 Å². The van der Waals surface area contributed by atoms with Gasteiger partial charge in [-0.2, -0.15) is 0 Å². The van der Waals surface area contributed by atoms with Crippen LogP contribution in [0.15, 0.2) is 36.4 Å². The minimum atomic E-state index is -1.39. The van der Waals surface area contributed by atoms with E-state index in [1.54, 1.807) is 43.5 Å². The Morgan fingerprint density at radius 3 is 2.53 bits per heavy atom. The van der Waals surface area contributed by atoms with Crippen molar-refractivity contribution in [1.29, 1.82) is 0 Å². The standard InChI is InChI=1S/C26H28N2O8/c1-5-10-26(25(31)34-4)21-20(22(27-26)16-8-7-15(32-2)12-18(16)33-3)23(29)28(24(21)30)14-6-9-17-19(11-14)36-13-35-17/h6-9,11-12,20-22,27H,5,10,13H2,1-4H3/t20-,21-,22-,26+/m1/s1. The summed E-state index contributed by atoms with van der Waals surface area (Å²) in [4.78, 5) is 42.4. The van der Waals surface area contributed by atoms with Crippen molar-refractivity contribution in [2.24, 2.45) is 11.8 Å². The fourth-order valence-corrected chi connectivity index (χ4v) is 5.72. The van der Waals surface area contributed by atoms with Gasteiger partial charge < -0.3 is 23.7 Å². The van der Waals surface area contributed by atoms with Crippen molar-refractivity contribution >= 4 is 23.5 Å². The van der Waals surface area contributed by atoms with Crippen molar-refractivity contribution in [3.63, 3.8) is 0 Å². The maximum Gasteiger partial charge on any atom is 0.326 e. The van der Waals surface area contributed by atoms with Crippen LogP contribution in [-0.2, 0) is 19.1 Å². The molecule has 2 saturated heterocycles. The third kappa shape index (κ3) is 3.39. The Balaban J connectivity index is 1.65. The molecule has 0 saturated carbocycles. The molecule has 0 radical (unpaired) electrons. The SMILES string of the molecule is CCC[C@]1(C(=O)OC)N[C@H](c2ccc(OC)cc2OC)[C@@H]2C(=O)N(c3ccc4c(c3)OCO4)C(=O)[C@@H]21. The minimum absolute atomic E-state index is 0.0666. The summed E-state index contributed by atoms with van der Waals surface area (Å²) in [5.74, 6) is -1.26. The number of esters is 1. The van der Waals surface area contributed by atoms with Crippen molar-refractivity contribution in [1.82, 2.24) is 5.32 Å². The maximum absolute atomic E-state index is 14.0. The Kier molecular flexibility index (Phi) is 5.99. The summed E-state index contributed by atoms with van der Waals surface area (Å²) in [6, 6.07) is 9.47. The molecule has 5 rings (SSSR count). The fraction of sp³-hybridized carbons (Fsp3) is 0.423. The second-order valence-corrected chi connectivity index (χ2v) is 9.00. The molecule has 190 valence electrons. The van der Waals surface area contributed by atoms with Crippen molar-refractivity contribution < 1.29 is 38.1 Å². The van der Waals surface area contributed by atoms with E-state index in [0.717, 1.165) is 4.90 Å². The largest absolute Gasteiger partial charge is 0.497 e. The highest BCUT2D eigenvalue weighted by Crippen LogP contribution is 2.53. The quantitative estimate of drug-likeness (QED) is 0.457. The number of hydrogen-bond donors (Lipinski definition) is 1. The average molecular weight is 497 g/mol. The van der Waals surface area contributed by atoms with E-state index in [2.05, 4.69) is 5.32 Å². The molecule has 0 unspecified atom stereocenters. The van der Waals surface area contributed by atoms with Gasteiger partial charge in [0.25, 0.3) is 0 Å². The number of nitrogens with one attached hydrogen (secondary N) is 1. The molecular formula is C26H28N2O8. The second kappa shape index (κ2) is 9.02. The number of imide groups is 1. The first-order chi connectivity index (χ1) is 17.4. The van der Waals surface area contributed by atoms with E-state index in [4.69, 9.17) is 23.7 Å². The zero-order chi connectivity index (χ0) is 25.6. The number of hydrogen-bond acceptors (Lipinski definition) is 9. The van der Waals surface area contributed by atoms with Crippen LogP contribution in [-0.4, -0.2) is 51.4 Å². The molecule has 36 heavy (non-hydrogen) atoms. The molecule has 2 fully saturated rings. The molecule has 2 aromatic rings. The minimum Gasteiger partial charge on any atom is -0.497 e. The molecule has 0 aromatic heterocycles. The first kappa shape index (κ1) is 23.9. The number of anilines is 1. The predicted molar refractivity (Wildman–Crippen MR) is 127 cm³/mol. The number of benzene rings is 2. The monoisotopic (exact) mass is 496 g/mol.